The van der Waals surface area contributed by atoms with E-state index in [-0.39, 0.29) is 10.8 Å². The smallest absolute Gasteiger partial charge is 0.126 e. The van der Waals surface area contributed by atoms with Crippen LogP contribution in [0.25, 0.3) is 11.1 Å². The molecule has 2 fully saturated rings. The summed E-state index contributed by atoms with van der Waals surface area (Å²) in [6, 6.07) is 20.7. The predicted octanol–water partition coefficient (Wildman–Crippen LogP) is 12.0. The van der Waals surface area contributed by atoms with Gasteiger partial charge in [-0.05, 0) is 98.1 Å². The summed E-state index contributed by atoms with van der Waals surface area (Å²) in [5.74, 6) is 4.94. The monoisotopic (exact) mass is 618 g/mol. The van der Waals surface area contributed by atoms with E-state index in [9.17, 15) is 0 Å². The van der Waals surface area contributed by atoms with Crippen molar-refractivity contribution in [1.82, 2.24) is 0 Å². The SMILES string of the molecule is COC1=C(c2ccccc2)C2CC(C)C([Si](C)(C)C3C(C)CC4C(c5ccc(C(C)(C)C)cc5)=CC=CC43)C2C=C1C(C)(C)C. The molecule has 2 heteroatoms. The van der Waals surface area contributed by atoms with E-state index in [0.717, 1.165) is 22.8 Å². The van der Waals surface area contributed by atoms with Crippen LogP contribution in [0.3, 0.4) is 0 Å². The van der Waals surface area contributed by atoms with E-state index in [1.54, 1.807) is 5.57 Å². The van der Waals surface area contributed by atoms with Gasteiger partial charge in [0.2, 0.25) is 0 Å². The number of fused-ring (bicyclic) bond motifs is 2. The second-order valence-electron chi connectivity index (χ2n) is 17.6. The fourth-order valence-corrected chi connectivity index (χ4v) is 17.0. The minimum absolute atomic E-state index is 0.0263. The quantitative estimate of drug-likeness (QED) is 0.303. The van der Waals surface area contributed by atoms with Crippen molar-refractivity contribution >= 4 is 19.2 Å². The molecule has 0 amide bonds. The van der Waals surface area contributed by atoms with Gasteiger partial charge < -0.3 is 4.74 Å². The van der Waals surface area contributed by atoms with Gasteiger partial charge in [-0.15, -0.1) is 0 Å². The van der Waals surface area contributed by atoms with Crippen molar-refractivity contribution in [1.29, 1.82) is 0 Å². The molecule has 240 valence electrons. The van der Waals surface area contributed by atoms with E-state index in [2.05, 4.69) is 147 Å². The fraction of sp³-hybridized carbons (Fsp3) is 0.535. The van der Waals surface area contributed by atoms with Gasteiger partial charge in [0.05, 0.1) is 15.2 Å². The van der Waals surface area contributed by atoms with Crippen LogP contribution in [-0.2, 0) is 10.2 Å². The Morgan fingerprint density at radius 2 is 1.31 bits per heavy atom. The number of hydrogen-bond acceptors (Lipinski definition) is 1. The van der Waals surface area contributed by atoms with E-state index >= 15 is 0 Å². The van der Waals surface area contributed by atoms with E-state index in [4.69, 9.17) is 4.74 Å². The van der Waals surface area contributed by atoms with Crippen molar-refractivity contribution in [3.8, 4) is 0 Å². The molecule has 2 aromatic rings. The third-order valence-electron chi connectivity index (χ3n) is 12.4. The first kappa shape index (κ1) is 32.4. The Labute approximate surface area is 276 Å². The lowest BCUT2D eigenvalue weighted by Crippen LogP contribution is -2.46. The third kappa shape index (κ3) is 5.58. The zero-order valence-electron chi connectivity index (χ0n) is 29.9. The molecule has 6 rings (SSSR count). The molecule has 2 aromatic carbocycles. The second-order valence-corrected chi connectivity index (χ2v) is 22.6. The molecule has 8 unspecified atom stereocenters. The second kappa shape index (κ2) is 11.6. The third-order valence-corrected chi connectivity index (χ3v) is 17.7. The van der Waals surface area contributed by atoms with Gasteiger partial charge in [-0.1, -0.05) is 147 Å². The first-order valence-corrected chi connectivity index (χ1v) is 20.9. The number of hydrogen-bond donors (Lipinski definition) is 0. The lowest BCUT2D eigenvalue weighted by molar-refractivity contribution is 0.274. The molecule has 0 heterocycles. The first-order valence-electron chi connectivity index (χ1n) is 17.7. The van der Waals surface area contributed by atoms with Gasteiger partial charge in [0.15, 0.2) is 0 Å². The Hall–Kier alpha value is -2.58. The van der Waals surface area contributed by atoms with Crippen LogP contribution in [0.15, 0.2) is 90.2 Å². The molecule has 0 aromatic heterocycles. The van der Waals surface area contributed by atoms with Crippen LogP contribution >= 0.6 is 0 Å². The van der Waals surface area contributed by atoms with Gasteiger partial charge in [-0.25, -0.2) is 0 Å². The van der Waals surface area contributed by atoms with Gasteiger partial charge in [0.1, 0.15) is 5.76 Å². The molecule has 8 atom stereocenters. The zero-order chi connectivity index (χ0) is 32.5. The van der Waals surface area contributed by atoms with Gasteiger partial charge in [0, 0.05) is 5.57 Å². The van der Waals surface area contributed by atoms with Gasteiger partial charge in [0.25, 0.3) is 0 Å². The van der Waals surface area contributed by atoms with Crippen molar-refractivity contribution < 1.29 is 4.74 Å². The average molecular weight is 619 g/mol. The van der Waals surface area contributed by atoms with E-state index in [0.29, 0.717) is 29.6 Å². The van der Waals surface area contributed by atoms with Crippen LogP contribution in [0.1, 0.15) is 84.9 Å². The van der Waals surface area contributed by atoms with Gasteiger partial charge in [-0.2, -0.15) is 0 Å². The van der Waals surface area contributed by atoms with Crippen LogP contribution in [0.5, 0.6) is 0 Å². The average Bonchev–Trinajstić information content (AvgIpc) is 3.51. The summed E-state index contributed by atoms with van der Waals surface area (Å²) < 4.78 is 6.34. The van der Waals surface area contributed by atoms with E-state index in [1.807, 2.05) is 7.11 Å². The fourth-order valence-electron chi connectivity index (χ4n) is 10.7. The molecule has 0 radical (unpaired) electrons. The molecule has 0 bridgehead atoms. The molecular weight excluding hydrogens is 561 g/mol. The Bertz CT molecular complexity index is 1520. The van der Waals surface area contributed by atoms with Crippen molar-refractivity contribution in [2.45, 2.75) is 97.8 Å². The molecule has 0 aliphatic heterocycles. The highest BCUT2D eigenvalue weighted by Gasteiger charge is 2.58. The highest BCUT2D eigenvalue weighted by atomic mass is 28.3. The molecule has 0 spiro atoms. The summed E-state index contributed by atoms with van der Waals surface area (Å²) in [5.41, 5.74) is 10.4. The number of ether oxygens (including phenoxy) is 1. The lowest BCUT2D eigenvalue weighted by Gasteiger charge is -2.47. The van der Waals surface area contributed by atoms with E-state index in [1.165, 1.54) is 40.7 Å². The maximum absolute atomic E-state index is 6.34. The molecular formula is C43H58OSi. The molecule has 4 aliphatic rings. The zero-order valence-corrected chi connectivity index (χ0v) is 30.9. The van der Waals surface area contributed by atoms with Crippen LogP contribution in [0.4, 0.5) is 0 Å². The summed E-state index contributed by atoms with van der Waals surface area (Å²) in [6.07, 6.45) is 12.7. The maximum Gasteiger partial charge on any atom is 0.126 e. The standard InChI is InChI=1S/C43H58OSi/c1-27-24-34-32(29-20-22-31(23-21-29)42(3,4)5)18-15-19-33(34)40(27)45(10,11)41-28(2)25-35-36(41)26-37(43(6,7)8)39(44-9)38(35)30-16-13-12-14-17-30/h12-23,26-28,33-36,40-41H,24-25H2,1-11H3. The summed E-state index contributed by atoms with van der Waals surface area (Å²) in [5, 5.41) is 0. The maximum atomic E-state index is 6.34. The van der Waals surface area contributed by atoms with Crippen LogP contribution in [0, 0.1) is 40.9 Å². The Morgan fingerprint density at radius 1 is 0.711 bits per heavy atom. The van der Waals surface area contributed by atoms with Gasteiger partial charge >= 0.3 is 0 Å². The molecule has 45 heavy (non-hydrogen) atoms. The lowest BCUT2D eigenvalue weighted by atomic mass is 9.72. The van der Waals surface area contributed by atoms with Crippen LogP contribution in [0.2, 0.25) is 24.2 Å². The topological polar surface area (TPSA) is 9.23 Å². The first-order chi connectivity index (χ1) is 21.1. The minimum Gasteiger partial charge on any atom is -0.496 e. The molecule has 2 saturated carbocycles. The molecule has 4 aliphatic carbocycles. The van der Waals surface area contributed by atoms with Crippen molar-refractivity contribution in [2.75, 3.05) is 7.11 Å². The minimum atomic E-state index is -1.78. The predicted molar refractivity (Wildman–Crippen MR) is 197 cm³/mol. The van der Waals surface area contributed by atoms with Crippen molar-refractivity contribution in [3.63, 3.8) is 0 Å². The Morgan fingerprint density at radius 3 is 1.89 bits per heavy atom. The Kier molecular flexibility index (Phi) is 8.33. The highest BCUT2D eigenvalue weighted by Crippen LogP contribution is 2.66. The number of benzene rings is 2. The van der Waals surface area contributed by atoms with Crippen molar-refractivity contribution in [3.05, 3.63) is 107 Å². The number of rotatable bonds is 5. The summed E-state index contributed by atoms with van der Waals surface area (Å²) in [4.78, 5) is 0. The molecule has 1 nitrogen and oxygen atoms in total. The van der Waals surface area contributed by atoms with Crippen molar-refractivity contribution in [2.24, 2.45) is 40.9 Å². The Balaban J connectivity index is 1.36. The molecule has 0 saturated heterocycles. The number of methoxy groups -OCH3 is 1. The highest BCUT2D eigenvalue weighted by molar-refractivity contribution is 6.80. The van der Waals surface area contributed by atoms with E-state index < -0.39 is 8.07 Å². The number of allylic oxidation sites excluding steroid dienone is 7. The largest absolute Gasteiger partial charge is 0.496 e. The summed E-state index contributed by atoms with van der Waals surface area (Å²) in [6.45, 7) is 24.8. The summed E-state index contributed by atoms with van der Waals surface area (Å²) >= 11 is 0. The van der Waals surface area contributed by atoms with Crippen LogP contribution < -0.4 is 0 Å². The van der Waals surface area contributed by atoms with Gasteiger partial charge in [-0.3, -0.25) is 0 Å². The van der Waals surface area contributed by atoms with Crippen LogP contribution in [-0.4, -0.2) is 15.2 Å². The summed E-state index contributed by atoms with van der Waals surface area (Å²) in [7, 11) is 0.111. The normalized spacial score (nSPS) is 31.8. The molecule has 0 N–H and O–H groups in total.